The van der Waals surface area contributed by atoms with Gasteiger partial charge in [0.05, 0.1) is 0 Å². The van der Waals surface area contributed by atoms with Gasteiger partial charge in [-0.05, 0) is 60.9 Å². The summed E-state index contributed by atoms with van der Waals surface area (Å²) in [5, 5.41) is 4.16. The molecule has 1 N–H and O–H groups in total. The fourth-order valence-electron chi connectivity index (χ4n) is 3.79. The molecule has 0 aliphatic carbocycles. The molecule has 1 amide bonds. The first-order chi connectivity index (χ1) is 14.6. The number of carbonyl (C=O) groups excluding carboxylic acids is 1. The Morgan fingerprint density at radius 1 is 1.23 bits per heavy atom. The lowest BCUT2D eigenvalue weighted by atomic mass is 9.94. The van der Waals surface area contributed by atoms with Crippen molar-refractivity contribution in [1.29, 1.82) is 0 Å². The molecule has 0 atom stereocenters. The average Bonchev–Trinajstić information content (AvgIpc) is 3.45. The highest BCUT2D eigenvalue weighted by atomic mass is 19.1. The van der Waals surface area contributed by atoms with E-state index in [0.717, 1.165) is 28.1 Å². The number of hydrogen-bond acceptors (Lipinski definition) is 5. The number of rotatable bonds is 3. The largest absolute Gasteiger partial charge is 0.357 e. The van der Waals surface area contributed by atoms with Crippen LogP contribution in [0.4, 0.5) is 4.39 Å². The molecule has 8 heteroatoms. The standard InChI is InChI=1S/C22H18FN5O2/c1-13-19(20-26-21(30-27-20)18-3-2-9-24-18)17-8-10-28(12-15(17)11-25-13)22(29)14-4-6-16(23)7-5-14/h2-7,9,11,24H,8,10,12H2,1H3. The molecule has 0 saturated carbocycles. The number of halogens is 1. The lowest BCUT2D eigenvalue weighted by molar-refractivity contribution is 0.0734. The molecular formula is C22H18FN5O2. The van der Waals surface area contributed by atoms with E-state index in [0.29, 0.717) is 36.8 Å². The molecule has 1 aliphatic heterocycles. The lowest BCUT2D eigenvalue weighted by Gasteiger charge is -2.30. The number of pyridine rings is 1. The second kappa shape index (κ2) is 7.22. The number of nitrogens with one attached hydrogen (secondary N) is 1. The topological polar surface area (TPSA) is 87.9 Å². The van der Waals surface area contributed by atoms with Crippen molar-refractivity contribution in [2.24, 2.45) is 0 Å². The second-order valence-electron chi connectivity index (χ2n) is 7.21. The van der Waals surface area contributed by atoms with Crippen molar-refractivity contribution >= 4 is 5.91 Å². The van der Waals surface area contributed by atoms with E-state index in [1.54, 1.807) is 17.3 Å². The molecule has 5 rings (SSSR count). The predicted molar refractivity (Wildman–Crippen MR) is 107 cm³/mol. The van der Waals surface area contributed by atoms with Crippen LogP contribution in [0.1, 0.15) is 27.2 Å². The molecule has 4 heterocycles. The summed E-state index contributed by atoms with van der Waals surface area (Å²) in [6.45, 7) is 2.88. The number of hydrogen-bond donors (Lipinski definition) is 1. The molecule has 1 aliphatic rings. The molecule has 0 radical (unpaired) electrons. The minimum atomic E-state index is -0.362. The van der Waals surface area contributed by atoms with Crippen LogP contribution in [0.5, 0.6) is 0 Å². The lowest BCUT2D eigenvalue weighted by Crippen LogP contribution is -2.36. The average molecular weight is 403 g/mol. The van der Waals surface area contributed by atoms with Crippen molar-refractivity contribution in [2.75, 3.05) is 6.54 Å². The van der Waals surface area contributed by atoms with Crippen LogP contribution in [0.25, 0.3) is 23.0 Å². The van der Waals surface area contributed by atoms with Gasteiger partial charge >= 0.3 is 0 Å². The van der Waals surface area contributed by atoms with Crippen LogP contribution in [0, 0.1) is 12.7 Å². The Bertz CT molecular complexity index is 1220. The highest BCUT2D eigenvalue weighted by Gasteiger charge is 2.27. The van der Waals surface area contributed by atoms with E-state index < -0.39 is 0 Å². The van der Waals surface area contributed by atoms with Crippen LogP contribution in [-0.4, -0.2) is 37.5 Å². The third-order valence-corrected chi connectivity index (χ3v) is 5.31. The third-order valence-electron chi connectivity index (χ3n) is 5.31. The smallest absolute Gasteiger partial charge is 0.274 e. The predicted octanol–water partition coefficient (Wildman–Crippen LogP) is 3.77. The fraction of sp³-hybridized carbons (Fsp3) is 0.182. The van der Waals surface area contributed by atoms with Crippen LogP contribution in [0.3, 0.4) is 0 Å². The number of fused-ring (bicyclic) bond motifs is 1. The fourth-order valence-corrected chi connectivity index (χ4v) is 3.79. The van der Waals surface area contributed by atoms with E-state index in [9.17, 15) is 9.18 Å². The normalized spacial score (nSPS) is 13.3. The van der Waals surface area contributed by atoms with Gasteiger partial charge < -0.3 is 14.4 Å². The molecular weight excluding hydrogens is 385 g/mol. The summed E-state index contributed by atoms with van der Waals surface area (Å²) < 4.78 is 18.6. The maximum atomic E-state index is 13.2. The van der Waals surface area contributed by atoms with Gasteiger partial charge in [-0.2, -0.15) is 4.98 Å². The number of carbonyl (C=O) groups is 1. The quantitative estimate of drug-likeness (QED) is 0.563. The molecule has 0 fully saturated rings. The Morgan fingerprint density at radius 3 is 2.83 bits per heavy atom. The molecule has 7 nitrogen and oxygen atoms in total. The third kappa shape index (κ3) is 3.16. The summed E-state index contributed by atoms with van der Waals surface area (Å²) in [5.41, 5.74) is 4.90. The first-order valence-corrected chi connectivity index (χ1v) is 9.60. The number of amides is 1. The van der Waals surface area contributed by atoms with E-state index in [-0.39, 0.29) is 11.7 Å². The van der Waals surface area contributed by atoms with Gasteiger partial charge in [0, 0.05) is 42.3 Å². The Morgan fingerprint density at radius 2 is 2.07 bits per heavy atom. The highest BCUT2D eigenvalue weighted by Crippen LogP contribution is 2.32. The van der Waals surface area contributed by atoms with E-state index >= 15 is 0 Å². The number of aryl methyl sites for hydroxylation is 1. The molecule has 0 spiro atoms. The molecule has 0 unspecified atom stereocenters. The van der Waals surface area contributed by atoms with Crippen molar-refractivity contribution in [1.82, 2.24) is 25.0 Å². The van der Waals surface area contributed by atoms with Crippen LogP contribution in [0.2, 0.25) is 0 Å². The zero-order chi connectivity index (χ0) is 20.7. The van der Waals surface area contributed by atoms with Crippen molar-refractivity contribution in [3.63, 3.8) is 0 Å². The first-order valence-electron chi connectivity index (χ1n) is 9.60. The van der Waals surface area contributed by atoms with Crippen LogP contribution in [0.15, 0.2) is 53.3 Å². The van der Waals surface area contributed by atoms with E-state index in [1.165, 1.54) is 24.3 Å². The van der Waals surface area contributed by atoms with Gasteiger partial charge in [-0.3, -0.25) is 9.78 Å². The second-order valence-corrected chi connectivity index (χ2v) is 7.21. The SMILES string of the molecule is Cc1ncc2c(c1-c1noc(-c3ccc[nH]3)n1)CCN(C(=O)c1ccc(F)cc1)C2. The molecule has 30 heavy (non-hydrogen) atoms. The summed E-state index contributed by atoms with van der Waals surface area (Å²) in [5.74, 6) is 0.408. The zero-order valence-electron chi connectivity index (χ0n) is 16.2. The molecule has 150 valence electrons. The van der Waals surface area contributed by atoms with Gasteiger partial charge in [0.25, 0.3) is 11.8 Å². The van der Waals surface area contributed by atoms with Gasteiger partial charge in [0.2, 0.25) is 5.82 Å². The molecule has 1 aromatic carbocycles. The summed E-state index contributed by atoms with van der Waals surface area (Å²) in [6, 6.07) is 9.34. The summed E-state index contributed by atoms with van der Waals surface area (Å²) in [6.07, 6.45) is 4.24. The van der Waals surface area contributed by atoms with Crippen LogP contribution >= 0.6 is 0 Å². The van der Waals surface area contributed by atoms with Crippen LogP contribution in [-0.2, 0) is 13.0 Å². The van der Waals surface area contributed by atoms with Gasteiger partial charge in [0.15, 0.2) is 0 Å². The van der Waals surface area contributed by atoms with Gasteiger partial charge in [-0.1, -0.05) is 5.16 Å². The maximum absolute atomic E-state index is 13.2. The number of aromatic amines is 1. The van der Waals surface area contributed by atoms with E-state index in [2.05, 4.69) is 20.1 Å². The van der Waals surface area contributed by atoms with Crippen molar-refractivity contribution in [3.05, 3.63) is 77.0 Å². The summed E-state index contributed by atoms with van der Waals surface area (Å²) in [4.78, 5) is 26.7. The Balaban J connectivity index is 1.46. The highest BCUT2D eigenvalue weighted by molar-refractivity contribution is 5.94. The molecule has 3 aromatic heterocycles. The van der Waals surface area contributed by atoms with Gasteiger partial charge in [0.1, 0.15) is 11.5 Å². The van der Waals surface area contributed by atoms with Crippen molar-refractivity contribution in [2.45, 2.75) is 19.9 Å². The number of benzene rings is 1. The zero-order valence-corrected chi connectivity index (χ0v) is 16.2. The molecule has 0 saturated heterocycles. The Kier molecular flexibility index (Phi) is 4.39. The number of aromatic nitrogens is 4. The van der Waals surface area contributed by atoms with Crippen molar-refractivity contribution in [3.8, 4) is 23.0 Å². The Labute approximate surface area is 171 Å². The monoisotopic (exact) mass is 403 g/mol. The minimum absolute atomic E-state index is 0.128. The number of H-pyrrole nitrogens is 1. The summed E-state index contributed by atoms with van der Waals surface area (Å²) in [7, 11) is 0. The minimum Gasteiger partial charge on any atom is -0.357 e. The number of nitrogens with zero attached hydrogens (tertiary/aromatic N) is 4. The van der Waals surface area contributed by atoms with Gasteiger partial charge in [-0.25, -0.2) is 4.39 Å². The van der Waals surface area contributed by atoms with Crippen LogP contribution < -0.4 is 0 Å². The van der Waals surface area contributed by atoms with E-state index in [4.69, 9.17) is 4.52 Å². The maximum Gasteiger partial charge on any atom is 0.274 e. The van der Waals surface area contributed by atoms with Crippen molar-refractivity contribution < 1.29 is 13.7 Å². The molecule has 0 bridgehead atoms. The van der Waals surface area contributed by atoms with Gasteiger partial charge in [-0.15, -0.1) is 0 Å². The van der Waals surface area contributed by atoms with E-state index in [1.807, 2.05) is 19.1 Å². The molecule has 4 aromatic rings. The first kappa shape index (κ1) is 18.2. The Hall–Kier alpha value is -3.81. The summed E-state index contributed by atoms with van der Waals surface area (Å²) >= 11 is 0.